The Kier molecular flexibility index (Phi) is 4.31. The van der Waals surface area contributed by atoms with Gasteiger partial charge < -0.3 is 9.80 Å². The van der Waals surface area contributed by atoms with Gasteiger partial charge in [-0.3, -0.25) is 9.58 Å². The Morgan fingerprint density at radius 2 is 2.22 bits per heavy atom. The van der Waals surface area contributed by atoms with E-state index in [1.807, 2.05) is 24.3 Å². The highest BCUT2D eigenvalue weighted by Gasteiger charge is 2.49. The normalized spacial score (nSPS) is 28.5. The molecule has 0 saturated carbocycles. The van der Waals surface area contributed by atoms with E-state index in [0.29, 0.717) is 26.1 Å². The third-order valence-electron chi connectivity index (χ3n) is 5.10. The van der Waals surface area contributed by atoms with Gasteiger partial charge in [0, 0.05) is 64.5 Å². The van der Waals surface area contributed by atoms with Crippen molar-refractivity contribution in [2.24, 2.45) is 12.5 Å². The molecule has 128 valence electrons. The predicted octanol–water partition coefficient (Wildman–Crippen LogP) is 1.34. The topological polar surface area (TPSA) is 44.6 Å². The Morgan fingerprint density at radius 1 is 1.43 bits per heavy atom. The molecule has 2 amide bonds. The van der Waals surface area contributed by atoms with Gasteiger partial charge in [0.15, 0.2) is 0 Å². The van der Waals surface area contributed by atoms with Crippen LogP contribution in [0.3, 0.4) is 0 Å². The molecular weight excluding hydrogens is 297 g/mol. The van der Waals surface area contributed by atoms with Crippen LogP contribution in [-0.4, -0.2) is 77.0 Å². The molecule has 1 spiro atoms. The number of hydrogen-bond acceptors (Lipinski definition) is 3. The van der Waals surface area contributed by atoms with Gasteiger partial charge in [-0.05, 0) is 19.4 Å². The standard InChI is InChI=1S/C16H26FN5O/c1-19(2)15(23)22-6-4-14(17)16(12-22)5-7-21(11-16)10-13-8-18-20(3)9-13/h8-9,14H,4-7,10-12H2,1-3H3/t14-,16-/m1/s1. The number of piperidine rings is 1. The quantitative estimate of drug-likeness (QED) is 0.825. The zero-order valence-electron chi connectivity index (χ0n) is 14.2. The monoisotopic (exact) mass is 323 g/mol. The number of carbonyl (C=O) groups excluding carboxylic acids is 1. The van der Waals surface area contributed by atoms with Gasteiger partial charge in [-0.1, -0.05) is 0 Å². The molecule has 2 atom stereocenters. The molecule has 2 aliphatic rings. The second-order valence-corrected chi connectivity index (χ2v) is 7.20. The molecule has 0 unspecified atom stereocenters. The Labute approximate surface area is 136 Å². The maximum Gasteiger partial charge on any atom is 0.319 e. The lowest BCUT2D eigenvalue weighted by Gasteiger charge is -2.43. The molecule has 0 aliphatic carbocycles. The number of hydrogen-bond donors (Lipinski definition) is 0. The number of carbonyl (C=O) groups is 1. The summed E-state index contributed by atoms with van der Waals surface area (Å²) in [5, 5.41) is 4.19. The fourth-order valence-electron chi connectivity index (χ4n) is 3.90. The van der Waals surface area contributed by atoms with Crippen LogP contribution in [0.5, 0.6) is 0 Å². The van der Waals surface area contributed by atoms with Gasteiger partial charge in [0.1, 0.15) is 6.17 Å². The fraction of sp³-hybridized carbons (Fsp3) is 0.750. The van der Waals surface area contributed by atoms with Crippen molar-refractivity contribution in [3.05, 3.63) is 18.0 Å². The van der Waals surface area contributed by atoms with E-state index in [2.05, 4.69) is 10.00 Å². The van der Waals surface area contributed by atoms with Gasteiger partial charge in [-0.15, -0.1) is 0 Å². The Hall–Kier alpha value is -1.63. The number of alkyl halides is 1. The minimum atomic E-state index is -0.826. The first-order chi connectivity index (χ1) is 10.9. The third-order valence-corrected chi connectivity index (χ3v) is 5.10. The summed E-state index contributed by atoms with van der Waals surface area (Å²) in [7, 11) is 5.40. The summed E-state index contributed by atoms with van der Waals surface area (Å²) in [4.78, 5) is 17.9. The van der Waals surface area contributed by atoms with Crippen LogP contribution in [0.2, 0.25) is 0 Å². The van der Waals surface area contributed by atoms with Gasteiger partial charge in [0.25, 0.3) is 0 Å². The van der Waals surface area contributed by atoms with E-state index in [1.54, 1.807) is 23.7 Å². The largest absolute Gasteiger partial charge is 0.331 e. The molecule has 3 rings (SSSR count). The summed E-state index contributed by atoms with van der Waals surface area (Å²) in [6, 6.07) is -0.0121. The average molecular weight is 323 g/mol. The maximum atomic E-state index is 14.7. The summed E-state index contributed by atoms with van der Waals surface area (Å²) in [5.74, 6) is 0. The molecule has 0 bridgehead atoms. The van der Waals surface area contributed by atoms with Gasteiger partial charge >= 0.3 is 6.03 Å². The van der Waals surface area contributed by atoms with Crippen molar-refractivity contribution in [3.8, 4) is 0 Å². The van der Waals surface area contributed by atoms with Gasteiger partial charge in [0.2, 0.25) is 0 Å². The van der Waals surface area contributed by atoms with Crippen LogP contribution < -0.4 is 0 Å². The molecule has 1 aromatic rings. The Morgan fingerprint density at radius 3 is 2.87 bits per heavy atom. The molecule has 0 N–H and O–H groups in total. The van der Waals surface area contributed by atoms with Crippen LogP contribution in [0.4, 0.5) is 9.18 Å². The van der Waals surface area contributed by atoms with Gasteiger partial charge in [-0.25, -0.2) is 9.18 Å². The highest BCUT2D eigenvalue weighted by molar-refractivity contribution is 5.74. The van der Waals surface area contributed by atoms with Crippen molar-refractivity contribution in [1.82, 2.24) is 24.5 Å². The number of nitrogens with zero attached hydrogens (tertiary/aromatic N) is 5. The number of urea groups is 1. The van der Waals surface area contributed by atoms with E-state index >= 15 is 0 Å². The summed E-state index contributed by atoms with van der Waals surface area (Å²) >= 11 is 0. The van der Waals surface area contributed by atoms with E-state index in [4.69, 9.17) is 0 Å². The smallest absolute Gasteiger partial charge is 0.319 e. The first-order valence-electron chi connectivity index (χ1n) is 8.20. The van der Waals surface area contributed by atoms with Crippen LogP contribution in [0.25, 0.3) is 0 Å². The van der Waals surface area contributed by atoms with E-state index in [-0.39, 0.29) is 6.03 Å². The zero-order valence-corrected chi connectivity index (χ0v) is 14.2. The minimum absolute atomic E-state index is 0.0121. The molecule has 3 heterocycles. The first kappa shape index (κ1) is 16.2. The number of aromatic nitrogens is 2. The third kappa shape index (κ3) is 3.20. The van der Waals surface area contributed by atoms with Crippen LogP contribution in [0.15, 0.2) is 12.4 Å². The van der Waals surface area contributed by atoms with Crippen LogP contribution in [0.1, 0.15) is 18.4 Å². The highest BCUT2D eigenvalue weighted by atomic mass is 19.1. The summed E-state index contributed by atoms with van der Waals surface area (Å²) in [6.07, 6.45) is 4.29. The van der Waals surface area contributed by atoms with Crippen molar-refractivity contribution in [3.63, 3.8) is 0 Å². The summed E-state index contributed by atoms with van der Waals surface area (Å²) in [5.41, 5.74) is 0.739. The lowest BCUT2D eigenvalue weighted by molar-refractivity contribution is 0.0201. The predicted molar refractivity (Wildman–Crippen MR) is 85.7 cm³/mol. The van der Waals surface area contributed by atoms with Crippen molar-refractivity contribution in [2.45, 2.75) is 25.6 Å². The lowest BCUT2D eigenvalue weighted by Crippen LogP contribution is -2.55. The Bertz CT molecular complexity index is 575. The van der Waals surface area contributed by atoms with Gasteiger partial charge in [-0.2, -0.15) is 5.10 Å². The molecule has 0 radical (unpaired) electrons. The zero-order chi connectivity index (χ0) is 16.6. The lowest BCUT2D eigenvalue weighted by atomic mass is 9.77. The number of aryl methyl sites for hydroxylation is 1. The van der Waals surface area contributed by atoms with E-state index < -0.39 is 11.6 Å². The van der Waals surface area contributed by atoms with Crippen LogP contribution in [-0.2, 0) is 13.6 Å². The van der Waals surface area contributed by atoms with Crippen molar-refractivity contribution in [1.29, 1.82) is 0 Å². The van der Waals surface area contributed by atoms with E-state index in [1.165, 1.54) is 0 Å². The molecule has 2 aliphatic heterocycles. The number of likely N-dealkylation sites (tertiary alicyclic amines) is 2. The van der Waals surface area contributed by atoms with E-state index in [9.17, 15) is 9.18 Å². The number of halogens is 1. The van der Waals surface area contributed by atoms with Crippen molar-refractivity contribution in [2.75, 3.05) is 40.3 Å². The Balaban J connectivity index is 1.67. The van der Waals surface area contributed by atoms with E-state index in [0.717, 1.165) is 25.1 Å². The molecule has 2 fully saturated rings. The van der Waals surface area contributed by atoms with Crippen molar-refractivity contribution < 1.29 is 9.18 Å². The molecule has 6 nitrogen and oxygen atoms in total. The molecule has 1 aromatic heterocycles. The second kappa shape index (κ2) is 6.11. The van der Waals surface area contributed by atoms with Crippen LogP contribution >= 0.6 is 0 Å². The average Bonchev–Trinajstić information content (AvgIpc) is 3.09. The molecule has 2 saturated heterocycles. The second-order valence-electron chi connectivity index (χ2n) is 7.20. The molecule has 0 aromatic carbocycles. The van der Waals surface area contributed by atoms with Crippen molar-refractivity contribution >= 4 is 6.03 Å². The fourth-order valence-corrected chi connectivity index (χ4v) is 3.90. The molecule has 7 heteroatoms. The SMILES string of the molecule is CN(C)C(=O)N1CC[C@@H](F)[C@@]2(CCN(Cc3cnn(C)c3)C2)C1. The highest BCUT2D eigenvalue weighted by Crippen LogP contribution is 2.41. The van der Waals surface area contributed by atoms with Gasteiger partial charge in [0.05, 0.1) is 6.20 Å². The summed E-state index contributed by atoms with van der Waals surface area (Å²) in [6.45, 7) is 3.42. The maximum absolute atomic E-state index is 14.7. The number of rotatable bonds is 2. The molecular formula is C16H26FN5O. The first-order valence-corrected chi connectivity index (χ1v) is 8.20. The molecule has 23 heavy (non-hydrogen) atoms. The van der Waals surface area contributed by atoms with Crippen LogP contribution in [0, 0.1) is 5.41 Å². The minimum Gasteiger partial charge on any atom is -0.331 e. The summed E-state index contributed by atoms with van der Waals surface area (Å²) < 4.78 is 16.5. The number of amides is 2.